The molecule has 0 bridgehead atoms. The molecule has 0 fully saturated rings. The molecule has 96 valence electrons. The van der Waals surface area contributed by atoms with E-state index in [0.717, 1.165) is 11.1 Å². The van der Waals surface area contributed by atoms with Crippen LogP contribution in [-0.2, 0) is 16.6 Å². The molecule has 2 aromatic carbocycles. The Morgan fingerprint density at radius 2 is 2.05 bits per heavy atom. The fraction of sp³-hybridized carbons (Fsp3) is 0.133. The Balaban J connectivity index is 2.22. The third-order valence-electron chi connectivity index (χ3n) is 2.82. The van der Waals surface area contributed by atoms with Crippen molar-refractivity contribution >= 4 is 10.8 Å². The standard InChI is InChI=1S/C15H12FNOS/c1-11-7-12(9-17)5-6-13(11)10-19(18)15-4-2-3-14(16)8-15/h2-8H,10H2,1H3. The van der Waals surface area contributed by atoms with Gasteiger partial charge in [-0.15, -0.1) is 0 Å². The second-order valence-corrected chi connectivity index (χ2v) is 5.65. The third-order valence-corrected chi connectivity index (χ3v) is 4.17. The smallest absolute Gasteiger partial charge is 0.124 e. The van der Waals surface area contributed by atoms with E-state index in [2.05, 4.69) is 6.07 Å². The zero-order chi connectivity index (χ0) is 13.8. The molecule has 0 saturated heterocycles. The number of benzene rings is 2. The maximum atomic E-state index is 13.1. The monoisotopic (exact) mass is 273 g/mol. The minimum Gasteiger partial charge on any atom is -0.254 e. The Morgan fingerprint density at radius 1 is 1.26 bits per heavy atom. The summed E-state index contributed by atoms with van der Waals surface area (Å²) >= 11 is 0. The Kier molecular flexibility index (Phi) is 4.08. The number of nitrogens with zero attached hydrogens (tertiary/aromatic N) is 1. The lowest BCUT2D eigenvalue weighted by molar-refractivity contribution is 0.622. The maximum absolute atomic E-state index is 13.1. The first-order valence-electron chi connectivity index (χ1n) is 5.74. The first-order valence-corrected chi connectivity index (χ1v) is 7.05. The quantitative estimate of drug-likeness (QED) is 0.860. The van der Waals surface area contributed by atoms with Crippen LogP contribution in [0.25, 0.3) is 0 Å². The van der Waals surface area contributed by atoms with E-state index in [1.807, 2.05) is 6.92 Å². The highest BCUT2D eigenvalue weighted by molar-refractivity contribution is 7.84. The molecule has 0 heterocycles. The molecule has 0 aliphatic rings. The van der Waals surface area contributed by atoms with Gasteiger partial charge in [-0.25, -0.2) is 4.39 Å². The van der Waals surface area contributed by atoms with Gasteiger partial charge in [0.05, 0.1) is 28.2 Å². The van der Waals surface area contributed by atoms with Crippen LogP contribution >= 0.6 is 0 Å². The van der Waals surface area contributed by atoms with Crippen molar-refractivity contribution in [3.8, 4) is 6.07 Å². The Bertz CT molecular complexity index is 676. The van der Waals surface area contributed by atoms with E-state index >= 15 is 0 Å². The molecule has 0 aromatic heterocycles. The van der Waals surface area contributed by atoms with Crippen molar-refractivity contribution < 1.29 is 8.60 Å². The number of aryl methyl sites for hydroxylation is 1. The van der Waals surface area contributed by atoms with Crippen LogP contribution in [0.15, 0.2) is 47.4 Å². The second kappa shape index (κ2) is 5.77. The molecule has 0 aliphatic heterocycles. The number of rotatable bonds is 3. The summed E-state index contributed by atoms with van der Waals surface area (Å²) in [4.78, 5) is 0.476. The first kappa shape index (κ1) is 13.4. The van der Waals surface area contributed by atoms with Crippen LogP contribution in [-0.4, -0.2) is 4.21 Å². The molecule has 0 aliphatic carbocycles. The van der Waals surface area contributed by atoms with Crippen molar-refractivity contribution in [2.75, 3.05) is 0 Å². The molecule has 0 amide bonds. The van der Waals surface area contributed by atoms with Gasteiger partial charge >= 0.3 is 0 Å². The van der Waals surface area contributed by atoms with E-state index in [1.165, 1.54) is 12.1 Å². The number of hydrogen-bond acceptors (Lipinski definition) is 2. The number of nitriles is 1. The minimum atomic E-state index is -1.29. The second-order valence-electron chi connectivity index (χ2n) is 4.20. The minimum absolute atomic E-state index is 0.320. The molecular weight excluding hydrogens is 261 g/mol. The molecule has 1 unspecified atom stereocenters. The van der Waals surface area contributed by atoms with E-state index in [0.29, 0.717) is 16.2 Å². The van der Waals surface area contributed by atoms with Crippen LogP contribution < -0.4 is 0 Å². The lowest BCUT2D eigenvalue weighted by Crippen LogP contribution is -1.99. The van der Waals surface area contributed by atoms with Crippen molar-refractivity contribution in [2.45, 2.75) is 17.6 Å². The molecule has 4 heteroatoms. The van der Waals surface area contributed by atoms with Crippen molar-refractivity contribution in [3.05, 3.63) is 65.0 Å². The number of hydrogen-bond donors (Lipinski definition) is 0. The lowest BCUT2D eigenvalue weighted by Gasteiger charge is -2.06. The van der Waals surface area contributed by atoms with Gasteiger partial charge in [0.15, 0.2) is 0 Å². The van der Waals surface area contributed by atoms with Gasteiger partial charge in [0, 0.05) is 4.90 Å². The maximum Gasteiger partial charge on any atom is 0.124 e. The highest BCUT2D eigenvalue weighted by Crippen LogP contribution is 2.17. The predicted octanol–water partition coefficient (Wildman–Crippen LogP) is 3.31. The fourth-order valence-electron chi connectivity index (χ4n) is 1.76. The molecule has 0 saturated carbocycles. The topological polar surface area (TPSA) is 40.9 Å². The van der Waals surface area contributed by atoms with Crippen LogP contribution in [0.2, 0.25) is 0 Å². The van der Waals surface area contributed by atoms with Crippen LogP contribution in [0.1, 0.15) is 16.7 Å². The van der Waals surface area contributed by atoms with Gasteiger partial charge in [-0.3, -0.25) is 4.21 Å². The molecule has 0 N–H and O–H groups in total. The zero-order valence-corrected chi connectivity index (χ0v) is 11.2. The largest absolute Gasteiger partial charge is 0.254 e. The van der Waals surface area contributed by atoms with Gasteiger partial charge in [-0.2, -0.15) is 5.26 Å². The van der Waals surface area contributed by atoms with Crippen molar-refractivity contribution in [2.24, 2.45) is 0 Å². The molecular formula is C15H12FNOS. The highest BCUT2D eigenvalue weighted by Gasteiger charge is 2.08. The predicted molar refractivity (Wildman–Crippen MR) is 72.4 cm³/mol. The summed E-state index contributed by atoms with van der Waals surface area (Å²) in [5.41, 5.74) is 2.41. The van der Waals surface area contributed by atoms with E-state index in [4.69, 9.17) is 5.26 Å². The average molecular weight is 273 g/mol. The van der Waals surface area contributed by atoms with Crippen LogP contribution in [0, 0.1) is 24.1 Å². The van der Waals surface area contributed by atoms with Crippen LogP contribution in [0.5, 0.6) is 0 Å². The fourth-order valence-corrected chi connectivity index (χ4v) is 3.01. The van der Waals surface area contributed by atoms with Gasteiger partial charge in [0.25, 0.3) is 0 Å². The van der Waals surface area contributed by atoms with Crippen molar-refractivity contribution in [1.82, 2.24) is 0 Å². The van der Waals surface area contributed by atoms with E-state index in [9.17, 15) is 8.60 Å². The summed E-state index contributed by atoms with van der Waals surface area (Å²) in [6.45, 7) is 1.87. The van der Waals surface area contributed by atoms with Crippen molar-refractivity contribution in [1.29, 1.82) is 5.26 Å². The van der Waals surface area contributed by atoms with Gasteiger partial charge in [-0.05, 0) is 48.4 Å². The van der Waals surface area contributed by atoms with E-state index in [-0.39, 0.29) is 5.82 Å². The normalized spacial score (nSPS) is 11.8. The van der Waals surface area contributed by atoms with Crippen molar-refractivity contribution in [3.63, 3.8) is 0 Å². The third kappa shape index (κ3) is 3.27. The number of halogens is 1. The molecule has 2 nitrogen and oxygen atoms in total. The van der Waals surface area contributed by atoms with Gasteiger partial charge in [0.2, 0.25) is 0 Å². The summed E-state index contributed by atoms with van der Waals surface area (Å²) in [6.07, 6.45) is 0. The van der Waals surface area contributed by atoms with E-state index < -0.39 is 10.8 Å². The summed E-state index contributed by atoms with van der Waals surface area (Å²) in [6, 6.07) is 13.1. The average Bonchev–Trinajstić information content (AvgIpc) is 2.41. The van der Waals surface area contributed by atoms with Gasteiger partial charge < -0.3 is 0 Å². The Labute approximate surface area is 114 Å². The Morgan fingerprint density at radius 3 is 2.68 bits per heavy atom. The summed E-state index contributed by atoms with van der Waals surface area (Å²) < 4.78 is 25.2. The summed E-state index contributed by atoms with van der Waals surface area (Å²) in [5, 5.41) is 8.79. The summed E-state index contributed by atoms with van der Waals surface area (Å²) in [7, 11) is -1.29. The van der Waals surface area contributed by atoms with Gasteiger partial charge in [-0.1, -0.05) is 12.1 Å². The molecule has 2 rings (SSSR count). The zero-order valence-electron chi connectivity index (χ0n) is 10.4. The molecule has 0 radical (unpaired) electrons. The van der Waals surface area contributed by atoms with Crippen LogP contribution in [0.4, 0.5) is 4.39 Å². The van der Waals surface area contributed by atoms with Crippen LogP contribution in [0.3, 0.4) is 0 Å². The van der Waals surface area contributed by atoms with E-state index in [1.54, 1.807) is 30.3 Å². The van der Waals surface area contributed by atoms with Gasteiger partial charge in [0.1, 0.15) is 5.82 Å². The highest BCUT2D eigenvalue weighted by atomic mass is 32.2. The summed E-state index contributed by atoms with van der Waals surface area (Å²) in [5.74, 6) is -0.0662. The molecule has 1 atom stereocenters. The SMILES string of the molecule is Cc1cc(C#N)ccc1CS(=O)c1cccc(F)c1. The lowest BCUT2D eigenvalue weighted by atomic mass is 10.1. The molecule has 2 aromatic rings. The first-order chi connectivity index (χ1) is 9.10. The molecule has 0 spiro atoms. The Hall–Kier alpha value is -1.99. The molecule has 19 heavy (non-hydrogen) atoms.